The molecule has 1 amide bonds. The van der Waals surface area contributed by atoms with E-state index < -0.39 is 23.1 Å². The summed E-state index contributed by atoms with van der Waals surface area (Å²) in [6.45, 7) is 5.15. The summed E-state index contributed by atoms with van der Waals surface area (Å²) in [7, 11) is 0. The van der Waals surface area contributed by atoms with Gasteiger partial charge in [0.05, 0.1) is 5.69 Å². The molecule has 1 N–H and O–H groups in total. The van der Waals surface area contributed by atoms with Gasteiger partial charge in [0.1, 0.15) is 17.1 Å². The molecule has 0 bridgehead atoms. The Morgan fingerprint density at radius 3 is 2.50 bits per heavy atom. The number of para-hydroxylation sites is 1. The Morgan fingerprint density at radius 2 is 1.86 bits per heavy atom. The minimum atomic E-state index is -0.740. The minimum Gasteiger partial charge on any atom is -0.444 e. The number of rotatable bonds is 2. The van der Waals surface area contributed by atoms with Crippen LogP contribution >= 0.6 is 0 Å². The van der Waals surface area contributed by atoms with E-state index in [1.54, 1.807) is 32.9 Å². The van der Waals surface area contributed by atoms with E-state index in [0.29, 0.717) is 0 Å². The summed E-state index contributed by atoms with van der Waals surface area (Å²) in [4.78, 5) is 24.1. The maximum atomic E-state index is 13.8. The topological polar surface area (TPSA) is 60.3 Å². The molecule has 0 fully saturated rings. The van der Waals surface area contributed by atoms with Crippen molar-refractivity contribution < 1.29 is 13.9 Å². The summed E-state index contributed by atoms with van der Waals surface area (Å²) in [6, 6.07) is 8.87. The summed E-state index contributed by atoms with van der Waals surface area (Å²) in [5, 5.41) is 2.38. The largest absolute Gasteiger partial charge is 0.444 e. The molecule has 1 aromatic carbocycles. The van der Waals surface area contributed by atoms with Crippen LogP contribution in [0.2, 0.25) is 0 Å². The van der Waals surface area contributed by atoms with E-state index >= 15 is 0 Å². The zero-order valence-electron chi connectivity index (χ0n) is 12.6. The van der Waals surface area contributed by atoms with E-state index in [9.17, 15) is 14.0 Å². The molecule has 1 aromatic heterocycles. The summed E-state index contributed by atoms with van der Waals surface area (Å²) in [5.74, 6) is -0.529. The molecule has 0 spiro atoms. The predicted molar refractivity (Wildman–Crippen MR) is 81.9 cm³/mol. The number of hydrogen-bond acceptors (Lipinski definition) is 3. The highest BCUT2D eigenvalue weighted by Crippen LogP contribution is 2.13. The molecule has 1 heterocycles. The number of ether oxygens (including phenoxy) is 1. The second-order valence-electron chi connectivity index (χ2n) is 5.68. The predicted octanol–water partition coefficient (Wildman–Crippen LogP) is 3.32. The van der Waals surface area contributed by atoms with Gasteiger partial charge in [-0.25, -0.2) is 9.18 Å². The van der Waals surface area contributed by atoms with Crippen molar-refractivity contribution in [3.8, 4) is 5.69 Å². The first-order chi connectivity index (χ1) is 10.3. The molecular formula is C16H17FN2O3. The number of nitrogens with one attached hydrogen (secondary N) is 1. The highest BCUT2D eigenvalue weighted by atomic mass is 19.1. The fraction of sp³-hybridized carbons (Fsp3) is 0.250. The molecule has 2 rings (SSSR count). The number of halogens is 1. The maximum Gasteiger partial charge on any atom is 0.412 e. The quantitative estimate of drug-likeness (QED) is 0.926. The number of carbonyl (C=O) groups excluding carboxylic acids is 1. The van der Waals surface area contributed by atoms with Crippen molar-refractivity contribution >= 4 is 11.8 Å². The Morgan fingerprint density at radius 1 is 1.18 bits per heavy atom. The normalized spacial score (nSPS) is 11.1. The van der Waals surface area contributed by atoms with E-state index in [-0.39, 0.29) is 11.4 Å². The van der Waals surface area contributed by atoms with E-state index in [1.165, 1.54) is 30.5 Å². The standard InChI is InChI=1S/C16H17FN2O3/c1-16(2,3)22-15(21)18-12-8-6-10-19(14(12)20)13-9-5-4-7-11(13)17/h4-10H,1-3H3,(H,18,21). The van der Waals surface area contributed by atoms with Crippen molar-refractivity contribution in [1.82, 2.24) is 4.57 Å². The SMILES string of the molecule is CC(C)(C)OC(=O)Nc1cccn(-c2ccccc2F)c1=O. The number of pyridine rings is 1. The Labute approximate surface area is 127 Å². The van der Waals surface area contributed by atoms with Gasteiger partial charge >= 0.3 is 6.09 Å². The molecule has 0 radical (unpaired) electrons. The molecular weight excluding hydrogens is 287 g/mol. The molecule has 116 valence electrons. The zero-order valence-corrected chi connectivity index (χ0v) is 12.6. The lowest BCUT2D eigenvalue weighted by Gasteiger charge is -2.19. The number of nitrogens with zero attached hydrogens (tertiary/aromatic N) is 1. The Hall–Kier alpha value is -2.63. The fourth-order valence-electron chi connectivity index (χ4n) is 1.84. The number of aromatic nitrogens is 1. The lowest BCUT2D eigenvalue weighted by molar-refractivity contribution is 0.0635. The summed E-state index contributed by atoms with van der Waals surface area (Å²) < 4.78 is 20.0. The van der Waals surface area contributed by atoms with Gasteiger partial charge in [0.2, 0.25) is 0 Å². The van der Waals surface area contributed by atoms with Crippen molar-refractivity contribution in [3.05, 3.63) is 58.8 Å². The van der Waals surface area contributed by atoms with Crippen LogP contribution < -0.4 is 10.9 Å². The van der Waals surface area contributed by atoms with Crippen molar-refractivity contribution in [2.75, 3.05) is 5.32 Å². The monoisotopic (exact) mass is 304 g/mol. The average Bonchev–Trinajstić information content (AvgIpc) is 2.40. The van der Waals surface area contributed by atoms with Crippen molar-refractivity contribution in [2.24, 2.45) is 0 Å². The minimum absolute atomic E-state index is 0.0139. The van der Waals surface area contributed by atoms with Gasteiger partial charge < -0.3 is 4.74 Å². The van der Waals surface area contributed by atoms with Gasteiger partial charge in [-0.2, -0.15) is 0 Å². The van der Waals surface area contributed by atoms with Gasteiger partial charge in [0, 0.05) is 6.20 Å². The second-order valence-corrected chi connectivity index (χ2v) is 5.68. The number of carbonyl (C=O) groups is 1. The van der Waals surface area contributed by atoms with Gasteiger partial charge in [-0.1, -0.05) is 12.1 Å². The first-order valence-corrected chi connectivity index (χ1v) is 6.74. The Kier molecular flexibility index (Phi) is 4.30. The number of anilines is 1. The Balaban J connectivity index is 2.33. The fourth-order valence-corrected chi connectivity index (χ4v) is 1.84. The highest BCUT2D eigenvalue weighted by Gasteiger charge is 2.17. The van der Waals surface area contributed by atoms with E-state index in [2.05, 4.69) is 5.32 Å². The number of amides is 1. The van der Waals surface area contributed by atoms with Gasteiger partial charge in [-0.05, 0) is 45.0 Å². The molecule has 2 aromatic rings. The van der Waals surface area contributed by atoms with Crippen LogP contribution in [-0.4, -0.2) is 16.3 Å². The van der Waals surface area contributed by atoms with Crippen LogP contribution in [0, 0.1) is 5.82 Å². The van der Waals surface area contributed by atoms with E-state index in [0.717, 1.165) is 4.57 Å². The molecule has 0 aliphatic rings. The molecule has 6 heteroatoms. The van der Waals surface area contributed by atoms with Crippen LogP contribution in [0.3, 0.4) is 0 Å². The molecule has 0 atom stereocenters. The van der Waals surface area contributed by atoms with Crippen LogP contribution in [0.1, 0.15) is 20.8 Å². The third-order valence-corrected chi connectivity index (χ3v) is 2.69. The van der Waals surface area contributed by atoms with E-state index in [4.69, 9.17) is 4.74 Å². The molecule has 0 aliphatic carbocycles. The third-order valence-electron chi connectivity index (χ3n) is 2.69. The van der Waals surface area contributed by atoms with Crippen LogP contribution in [0.5, 0.6) is 0 Å². The first-order valence-electron chi connectivity index (χ1n) is 6.74. The molecule has 5 nitrogen and oxygen atoms in total. The van der Waals surface area contributed by atoms with Crippen LogP contribution in [-0.2, 0) is 4.74 Å². The van der Waals surface area contributed by atoms with Gasteiger partial charge in [-0.15, -0.1) is 0 Å². The van der Waals surface area contributed by atoms with Gasteiger partial charge in [-0.3, -0.25) is 14.7 Å². The number of hydrogen-bond donors (Lipinski definition) is 1. The molecule has 0 aliphatic heterocycles. The smallest absolute Gasteiger partial charge is 0.412 e. The molecule has 0 unspecified atom stereocenters. The maximum absolute atomic E-state index is 13.8. The van der Waals surface area contributed by atoms with Crippen molar-refractivity contribution in [2.45, 2.75) is 26.4 Å². The molecule has 0 saturated heterocycles. The third kappa shape index (κ3) is 3.72. The van der Waals surface area contributed by atoms with Gasteiger partial charge in [0.25, 0.3) is 5.56 Å². The van der Waals surface area contributed by atoms with Crippen LogP contribution in [0.25, 0.3) is 5.69 Å². The highest BCUT2D eigenvalue weighted by molar-refractivity contribution is 5.84. The molecule has 0 saturated carbocycles. The average molecular weight is 304 g/mol. The van der Waals surface area contributed by atoms with Crippen molar-refractivity contribution in [3.63, 3.8) is 0 Å². The van der Waals surface area contributed by atoms with Crippen LogP contribution in [0.15, 0.2) is 47.4 Å². The first kappa shape index (κ1) is 15.8. The van der Waals surface area contributed by atoms with Gasteiger partial charge in [0.15, 0.2) is 0 Å². The summed E-state index contributed by atoms with van der Waals surface area (Å²) in [5.41, 5.74) is -1.09. The lowest BCUT2D eigenvalue weighted by Crippen LogP contribution is -2.30. The zero-order chi connectivity index (χ0) is 16.3. The summed E-state index contributed by atoms with van der Waals surface area (Å²) in [6.07, 6.45) is 0.692. The van der Waals surface area contributed by atoms with E-state index in [1.807, 2.05) is 0 Å². The second kappa shape index (κ2) is 6.01. The summed E-state index contributed by atoms with van der Waals surface area (Å²) >= 11 is 0. The Bertz CT molecular complexity index is 748. The lowest BCUT2D eigenvalue weighted by atomic mass is 10.2. The molecule has 22 heavy (non-hydrogen) atoms. The van der Waals surface area contributed by atoms with Crippen LogP contribution in [0.4, 0.5) is 14.9 Å². The van der Waals surface area contributed by atoms with Crippen molar-refractivity contribution in [1.29, 1.82) is 0 Å². The number of benzene rings is 1.